The van der Waals surface area contributed by atoms with E-state index in [1.54, 1.807) is 19.2 Å². The quantitative estimate of drug-likeness (QED) is 0.891. The molecule has 6 heteroatoms. The molecular formula is C13H14N2O4. The number of carboxylic acids is 1. The van der Waals surface area contributed by atoms with Crippen LogP contribution in [0.3, 0.4) is 0 Å². The molecular weight excluding hydrogens is 248 g/mol. The van der Waals surface area contributed by atoms with E-state index in [2.05, 4.69) is 10.1 Å². The molecule has 0 bridgehead atoms. The van der Waals surface area contributed by atoms with E-state index in [0.29, 0.717) is 17.3 Å². The topological polar surface area (TPSA) is 85.5 Å². The molecule has 2 rings (SSSR count). The Morgan fingerprint density at radius 3 is 2.63 bits per heavy atom. The molecule has 1 aromatic carbocycles. The average molecular weight is 262 g/mol. The number of carbonyl (C=O) groups is 1. The summed E-state index contributed by atoms with van der Waals surface area (Å²) in [7, 11) is 1.59. The fourth-order valence-electron chi connectivity index (χ4n) is 1.69. The van der Waals surface area contributed by atoms with Crippen molar-refractivity contribution in [2.24, 2.45) is 0 Å². The lowest BCUT2D eigenvalue weighted by Gasteiger charge is -2.05. The van der Waals surface area contributed by atoms with Crippen molar-refractivity contribution in [1.82, 2.24) is 10.1 Å². The SMILES string of the molecule is CCC(OC)c1noc(-c2ccc(C(=O)O)cc2)n1. The maximum absolute atomic E-state index is 10.8. The Morgan fingerprint density at radius 2 is 2.11 bits per heavy atom. The summed E-state index contributed by atoms with van der Waals surface area (Å²) in [5.41, 5.74) is 0.890. The van der Waals surface area contributed by atoms with Gasteiger partial charge in [-0.3, -0.25) is 0 Å². The Morgan fingerprint density at radius 1 is 1.42 bits per heavy atom. The van der Waals surface area contributed by atoms with E-state index >= 15 is 0 Å². The summed E-state index contributed by atoms with van der Waals surface area (Å²) in [4.78, 5) is 15.0. The van der Waals surface area contributed by atoms with Gasteiger partial charge in [-0.05, 0) is 30.7 Å². The van der Waals surface area contributed by atoms with Gasteiger partial charge in [0.1, 0.15) is 6.10 Å². The van der Waals surface area contributed by atoms with Crippen LogP contribution in [-0.2, 0) is 4.74 Å². The number of ether oxygens (including phenoxy) is 1. The van der Waals surface area contributed by atoms with Crippen molar-refractivity contribution in [3.8, 4) is 11.5 Å². The zero-order valence-electron chi connectivity index (χ0n) is 10.7. The van der Waals surface area contributed by atoms with E-state index in [4.69, 9.17) is 14.4 Å². The molecule has 0 radical (unpaired) electrons. The molecule has 1 unspecified atom stereocenters. The van der Waals surface area contributed by atoms with Crippen LogP contribution >= 0.6 is 0 Å². The van der Waals surface area contributed by atoms with Gasteiger partial charge >= 0.3 is 5.97 Å². The van der Waals surface area contributed by atoms with E-state index in [1.807, 2.05) is 6.92 Å². The highest BCUT2D eigenvalue weighted by molar-refractivity contribution is 5.88. The van der Waals surface area contributed by atoms with Gasteiger partial charge in [0.2, 0.25) is 5.82 Å². The second-order valence-electron chi connectivity index (χ2n) is 3.97. The third-order valence-corrected chi connectivity index (χ3v) is 2.76. The number of methoxy groups -OCH3 is 1. The van der Waals surface area contributed by atoms with E-state index < -0.39 is 5.97 Å². The maximum Gasteiger partial charge on any atom is 0.335 e. The highest BCUT2D eigenvalue weighted by Crippen LogP contribution is 2.22. The molecule has 0 amide bonds. The molecule has 0 aliphatic rings. The van der Waals surface area contributed by atoms with Crippen LogP contribution in [0.5, 0.6) is 0 Å². The minimum atomic E-state index is -0.969. The summed E-state index contributed by atoms with van der Waals surface area (Å²) in [6.45, 7) is 1.96. The lowest BCUT2D eigenvalue weighted by molar-refractivity contribution is 0.0697. The van der Waals surface area contributed by atoms with E-state index in [-0.39, 0.29) is 11.7 Å². The van der Waals surface area contributed by atoms with E-state index in [1.165, 1.54) is 12.1 Å². The summed E-state index contributed by atoms with van der Waals surface area (Å²) in [6.07, 6.45) is 0.545. The zero-order chi connectivity index (χ0) is 13.8. The Balaban J connectivity index is 2.25. The van der Waals surface area contributed by atoms with Gasteiger partial charge < -0.3 is 14.4 Å². The average Bonchev–Trinajstić information content (AvgIpc) is 2.90. The monoisotopic (exact) mass is 262 g/mol. The van der Waals surface area contributed by atoms with Crippen molar-refractivity contribution in [3.05, 3.63) is 35.7 Å². The molecule has 1 heterocycles. The van der Waals surface area contributed by atoms with Crippen LogP contribution in [0.25, 0.3) is 11.5 Å². The molecule has 0 aliphatic carbocycles. The van der Waals surface area contributed by atoms with Gasteiger partial charge in [0.25, 0.3) is 5.89 Å². The lowest BCUT2D eigenvalue weighted by atomic mass is 10.1. The Kier molecular flexibility index (Phi) is 3.91. The molecule has 0 saturated heterocycles. The van der Waals surface area contributed by atoms with Crippen molar-refractivity contribution in [1.29, 1.82) is 0 Å². The Bertz CT molecular complexity index is 558. The van der Waals surface area contributed by atoms with Crippen molar-refractivity contribution in [2.75, 3.05) is 7.11 Å². The molecule has 0 saturated carbocycles. The van der Waals surface area contributed by atoms with Crippen LogP contribution in [-0.4, -0.2) is 28.3 Å². The van der Waals surface area contributed by atoms with Crippen molar-refractivity contribution in [2.45, 2.75) is 19.4 Å². The molecule has 0 aliphatic heterocycles. The number of carboxylic acid groups (broad SMARTS) is 1. The summed E-state index contributed by atoms with van der Waals surface area (Å²) in [5.74, 6) is -0.132. The first-order valence-corrected chi connectivity index (χ1v) is 5.85. The summed E-state index contributed by atoms with van der Waals surface area (Å²) < 4.78 is 10.4. The second-order valence-corrected chi connectivity index (χ2v) is 3.97. The van der Waals surface area contributed by atoms with Gasteiger partial charge in [-0.25, -0.2) is 4.79 Å². The number of benzene rings is 1. The zero-order valence-corrected chi connectivity index (χ0v) is 10.7. The predicted octanol–water partition coefficient (Wildman–Crippen LogP) is 2.53. The molecule has 19 heavy (non-hydrogen) atoms. The number of aromatic carboxylic acids is 1. The summed E-state index contributed by atoms with van der Waals surface area (Å²) in [5, 5.41) is 12.7. The van der Waals surface area contributed by atoms with Crippen LogP contribution < -0.4 is 0 Å². The Hall–Kier alpha value is -2.21. The van der Waals surface area contributed by atoms with Crippen molar-refractivity contribution < 1.29 is 19.2 Å². The van der Waals surface area contributed by atoms with E-state index in [9.17, 15) is 4.79 Å². The number of rotatable bonds is 5. The van der Waals surface area contributed by atoms with Crippen molar-refractivity contribution in [3.63, 3.8) is 0 Å². The van der Waals surface area contributed by atoms with Crippen molar-refractivity contribution >= 4 is 5.97 Å². The summed E-state index contributed by atoms with van der Waals surface area (Å²) >= 11 is 0. The third kappa shape index (κ3) is 2.79. The highest BCUT2D eigenvalue weighted by atomic mass is 16.5. The number of hydrogen-bond donors (Lipinski definition) is 1. The number of nitrogens with zero attached hydrogens (tertiary/aromatic N) is 2. The van der Waals surface area contributed by atoms with Gasteiger partial charge in [-0.1, -0.05) is 12.1 Å². The third-order valence-electron chi connectivity index (χ3n) is 2.76. The summed E-state index contributed by atoms with van der Waals surface area (Å²) in [6, 6.07) is 6.26. The molecule has 1 atom stereocenters. The minimum Gasteiger partial charge on any atom is -0.478 e. The standard InChI is InChI=1S/C13H14N2O4/c1-3-10(18-2)11-14-12(19-15-11)8-4-6-9(7-5-8)13(16)17/h4-7,10H,3H2,1-2H3,(H,16,17). The molecule has 6 nitrogen and oxygen atoms in total. The smallest absolute Gasteiger partial charge is 0.335 e. The van der Waals surface area contributed by atoms with Gasteiger partial charge in [-0.15, -0.1) is 0 Å². The molecule has 0 fully saturated rings. The van der Waals surface area contributed by atoms with Gasteiger partial charge in [0.15, 0.2) is 0 Å². The lowest BCUT2D eigenvalue weighted by Crippen LogP contribution is -2.01. The van der Waals surface area contributed by atoms with Crippen LogP contribution in [0.2, 0.25) is 0 Å². The molecule has 0 spiro atoms. The minimum absolute atomic E-state index is 0.198. The largest absolute Gasteiger partial charge is 0.478 e. The fourth-order valence-corrected chi connectivity index (χ4v) is 1.69. The first-order chi connectivity index (χ1) is 9.15. The first kappa shape index (κ1) is 13.2. The Labute approximate surface area is 110 Å². The molecule has 1 aromatic heterocycles. The normalized spacial score (nSPS) is 12.3. The van der Waals surface area contributed by atoms with Crippen LogP contribution in [0.4, 0.5) is 0 Å². The number of aromatic nitrogens is 2. The van der Waals surface area contributed by atoms with Gasteiger partial charge in [0.05, 0.1) is 5.56 Å². The van der Waals surface area contributed by atoms with Crippen LogP contribution in [0.1, 0.15) is 35.6 Å². The van der Waals surface area contributed by atoms with Crippen LogP contribution in [0, 0.1) is 0 Å². The fraction of sp³-hybridized carbons (Fsp3) is 0.308. The number of hydrogen-bond acceptors (Lipinski definition) is 5. The first-order valence-electron chi connectivity index (χ1n) is 5.85. The molecule has 2 aromatic rings. The second kappa shape index (κ2) is 5.62. The van der Waals surface area contributed by atoms with Crippen LogP contribution in [0.15, 0.2) is 28.8 Å². The predicted molar refractivity (Wildman–Crippen MR) is 66.7 cm³/mol. The van der Waals surface area contributed by atoms with E-state index in [0.717, 1.165) is 6.42 Å². The van der Waals surface area contributed by atoms with Gasteiger partial charge in [0, 0.05) is 12.7 Å². The van der Waals surface area contributed by atoms with Gasteiger partial charge in [-0.2, -0.15) is 4.98 Å². The molecule has 100 valence electrons. The highest BCUT2D eigenvalue weighted by Gasteiger charge is 2.16. The molecule has 1 N–H and O–H groups in total. The maximum atomic E-state index is 10.8.